The van der Waals surface area contributed by atoms with Gasteiger partial charge in [-0.15, -0.1) is 0 Å². The van der Waals surface area contributed by atoms with E-state index in [1.54, 1.807) is 25.7 Å². The molecule has 0 amide bonds. The largest absolute Gasteiger partial charge is 0.496 e. The molecule has 4 rings (SSSR count). The highest BCUT2D eigenvalue weighted by molar-refractivity contribution is 5.95. The Morgan fingerprint density at radius 1 is 1.00 bits per heavy atom. The second kappa shape index (κ2) is 6.04. The third kappa shape index (κ3) is 2.56. The van der Waals surface area contributed by atoms with Gasteiger partial charge in [-0.1, -0.05) is 12.1 Å². The van der Waals surface area contributed by atoms with E-state index >= 15 is 0 Å². The molecule has 0 spiro atoms. The van der Waals surface area contributed by atoms with Crippen molar-refractivity contribution >= 4 is 22.4 Å². The van der Waals surface area contributed by atoms with Gasteiger partial charge < -0.3 is 15.0 Å². The standard InChI is InChI=1S/C19H16N4O/c1-24-18-5-3-2-4-14(18)17-12-15-16(23-17)8-11-21-19(15)22-13-6-9-20-10-7-13/h2-12,23H,1H3,(H,20,21,22). The first kappa shape index (κ1) is 14.3. The lowest BCUT2D eigenvalue weighted by atomic mass is 10.1. The molecule has 24 heavy (non-hydrogen) atoms. The molecule has 5 heteroatoms. The van der Waals surface area contributed by atoms with Crippen LogP contribution in [0.5, 0.6) is 5.75 Å². The predicted molar refractivity (Wildman–Crippen MR) is 95.6 cm³/mol. The van der Waals surface area contributed by atoms with Crippen LogP contribution in [-0.2, 0) is 0 Å². The van der Waals surface area contributed by atoms with Crippen molar-refractivity contribution in [1.82, 2.24) is 15.0 Å². The Balaban J connectivity index is 1.80. The molecular weight excluding hydrogens is 300 g/mol. The number of aromatic amines is 1. The maximum atomic E-state index is 5.46. The van der Waals surface area contributed by atoms with Crippen molar-refractivity contribution in [1.29, 1.82) is 0 Å². The molecule has 5 nitrogen and oxygen atoms in total. The molecule has 0 fully saturated rings. The van der Waals surface area contributed by atoms with Gasteiger partial charge in [0, 0.05) is 35.2 Å². The molecule has 0 aliphatic heterocycles. The maximum Gasteiger partial charge on any atom is 0.139 e. The fourth-order valence-corrected chi connectivity index (χ4v) is 2.74. The van der Waals surface area contributed by atoms with E-state index in [4.69, 9.17) is 4.74 Å². The van der Waals surface area contributed by atoms with Gasteiger partial charge in [0.15, 0.2) is 0 Å². The number of hydrogen-bond acceptors (Lipinski definition) is 4. The molecule has 0 saturated carbocycles. The number of pyridine rings is 2. The fraction of sp³-hybridized carbons (Fsp3) is 0.0526. The van der Waals surface area contributed by atoms with E-state index in [9.17, 15) is 0 Å². The van der Waals surface area contributed by atoms with E-state index < -0.39 is 0 Å². The number of aromatic nitrogens is 3. The van der Waals surface area contributed by atoms with Gasteiger partial charge in [-0.25, -0.2) is 4.98 Å². The summed E-state index contributed by atoms with van der Waals surface area (Å²) >= 11 is 0. The van der Waals surface area contributed by atoms with Crippen molar-refractivity contribution in [2.24, 2.45) is 0 Å². The second-order valence-corrected chi connectivity index (χ2v) is 5.36. The first-order chi connectivity index (χ1) is 11.8. The van der Waals surface area contributed by atoms with E-state index in [1.807, 2.05) is 42.5 Å². The lowest BCUT2D eigenvalue weighted by molar-refractivity contribution is 0.416. The Morgan fingerprint density at radius 3 is 2.67 bits per heavy atom. The average Bonchev–Trinajstić information content (AvgIpc) is 3.08. The molecule has 0 aliphatic rings. The summed E-state index contributed by atoms with van der Waals surface area (Å²) in [5, 5.41) is 4.36. The molecule has 4 aromatic rings. The minimum Gasteiger partial charge on any atom is -0.496 e. The normalized spacial score (nSPS) is 10.7. The molecule has 118 valence electrons. The Labute approximate surface area is 139 Å². The van der Waals surface area contributed by atoms with Gasteiger partial charge in [0.05, 0.1) is 18.3 Å². The van der Waals surface area contributed by atoms with Crippen molar-refractivity contribution < 1.29 is 4.74 Å². The zero-order valence-electron chi connectivity index (χ0n) is 13.2. The van der Waals surface area contributed by atoms with Gasteiger partial charge in [0.25, 0.3) is 0 Å². The van der Waals surface area contributed by atoms with Crippen LogP contribution in [0.25, 0.3) is 22.2 Å². The molecule has 0 radical (unpaired) electrons. The van der Waals surface area contributed by atoms with Crippen LogP contribution in [0.3, 0.4) is 0 Å². The van der Waals surface area contributed by atoms with E-state index in [1.165, 1.54) is 0 Å². The van der Waals surface area contributed by atoms with Crippen LogP contribution >= 0.6 is 0 Å². The molecule has 1 aromatic carbocycles. The van der Waals surface area contributed by atoms with Gasteiger partial charge in [0.1, 0.15) is 11.6 Å². The Morgan fingerprint density at radius 2 is 1.83 bits per heavy atom. The minimum absolute atomic E-state index is 0.802. The fourth-order valence-electron chi connectivity index (χ4n) is 2.74. The van der Waals surface area contributed by atoms with E-state index in [2.05, 4.69) is 26.3 Å². The van der Waals surface area contributed by atoms with Crippen molar-refractivity contribution in [2.45, 2.75) is 0 Å². The summed E-state index contributed by atoms with van der Waals surface area (Å²) < 4.78 is 5.46. The minimum atomic E-state index is 0.802. The van der Waals surface area contributed by atoms with Crippen LogP contribution in [-0.4, -0.2) is 22.1 Å². The van der Waals surface area contributed by atoms with Gasteiger partial charge in [0.2, 0.25) is 0 Å². The topological polar surface area (TPSA) is 62.8 Å². The van der Waals surface area contributed by atoms with Crippen LogP contribution in [0.2, 0.25) is 0 Å². The summed E-state index contributed by atoms with van der Waals surface area (Å²) in [5.41, 5.74) is 3.98. The van der Waals surface area contributed by atoms with Crippen molar-refractivity contribution in [3.05, 3.63) is 67.1 Å². The van der Waals surface area contributed by atoms with Gasteiger partial charge in [-0.2, -0.15) is 0 Å². The number of rotatable bonds is 4. The molecule has 0 saturated heterocycles. The molecule has 0 atom stereocenters. The molecule has 3 aromatic heterocycles. The molecule has 3 heterocycles. The highest BCUT2D eigenvalue weighted by atomic mass is 16.5. The molecule has 0 aliphatic carbocycles. The average molecular weight is 316 g/mol. The number of methoxy groups -OCH3 is 1. The number of fused-ring (bicyclic) bond motifs is 1. The number of benzene rings is 1. The summed E-state index contributed by atoms with van der Waals surface area (Å²) in [6.45, 7) is 0. The lowest BCUT2D eigenvalue weighted by Crippen LogP contribution is -1.93. The van der Waals surface area contributed by atoms with Gasteiger partial charge in [-0.05, 0) is 36.4 Å². The summed E-state index contributed by atoms with van der Waals surface area (Å²) in [5.74, 6) is 1.64. The number of H-pyrrole nitrogens is 1. The third-order valence-corrected chi connectivity index (χ3v) is 3.89. The SMILES string of the molecule is COc1ccccc1-c1cc2c(Nc3ccncc3)nccc2[nH]1. The number of ether oxygens (including phenoxy) is 1. The highest BCUT2D eigenvalue weighted by Gasteiger charge is 2.11. The van der Waals surface area contributed by atoms with E-state index in [0.717, 1.165) is 39.4 Å². The van der Waals surface area contributed by atoms with Crippen LogP contribution in [0.1, 0.15) is 0 Å². The third-order valence-electron chi connectivity index (χ3n) is 3.89. The summed E-state index contributed by atoms with van der Waals surface area (Å²) in [6.07, 6.45) is 5.29. The first-order valence-electron chi connectivity index (χ1n) is 7.63. The molecular formula is C19H16N4O. The van der Waals surface area contributed by atoms with Crippen LogP contribution < -0.4 is 10.1 Å². The predicted octanol–water partition coefficient (Wildman–Crippen LogP) is 4.38. The summed E-state index contributed by atoms with van der Waals surface area (Å²) in [4.78, 5) is 11.9. The molecule has 0 unspecified atom stereocenters. The molecule has 0 bridgehead atoms. The summed E-state index contributed by atoms with van der Waals surface area (Å²) in [7, 11) is 1.68. The quantitative estimate of drug-likeness (QED) is 0.586. The summed E-state index contributed by atoms with van der Waals surface area (Å²) in [6, 6.07) is 15.8. The zero-order valence-corrected chi connectivity index (χ0v) is 13.2. The Hall–Kier alpha value is -3.34. The van der Waals surface area contributed by atoms with Crippen molar-refractivity contribution in [3.8, 4) is 17.0 Å². The number of hydrogen-bond donors (Lipinski definition) is 2. The maximum absolute atomic E-state index is 5.46. The number of nitrogens with one attached hydrogen (secondary N) is 2. The van der Waals surface area contributed by atoms with Crippen molar-refractivity contribution in [3.63, 3.8) is 0 Å². The van der Waals surface area contributed by atoms with Crippen LogP contribution in [0.4, 0.5) is 11.5 Å². The lowest BCUT2D eigenvalue weighted by Gasteiger charge is -2.06. The Bertz CT molecular complexity index is 979. The first-order valence-corrected chi connectivity index (χ1v) is 7.63. The molecule has 2 N–H and O–H groups in total. The van der Waals surface area contributed by atoms with Gasteiger partial charge in [-0.3, -0.25) is 4.98 Å². The number of para-hydroxylation sites is 1. The zero-order chi connectivity index (χ0) is 16.4. The van der Waals surface area contributed by atoms with Crippen LogP contribution in [0, 0.1) is 0 Å². The number of anilines is 2. The van der Waals surface area contributed by atoms with Gasteiger partial charge >= 0.3 is 0 Å². The monoisotopic (exact) mass is 316 g/mol. The highest BCUT2D eigenvalue weighted by Crippen LogP contribution is 2.33. The van der Waals surface area contributed by atoms with E-state index in [0.29, 0.717) is 0 Å². The van der Waals surface area contributed by atoms with E-state index in [-0.39, 0.29) is 0 Å². The second-order valence-electron chi connectivity index (χ2n) is 5.36. The van der Waals surface area contributed by atoms with Crippen LogP contribution in [0.15, 0.2) is 67.1 Å². The number of nitrogens with zero attached hydrogens (tertiary/aromatic N) is 2. The Kier molecular flexibility index (Phi) is 3.59. The van der Waals surface area contributed by atoms with Crippen molar-refractivity contribution in [2.75, 3.05) is 12.4 Å². The smallest absolute Gasteiger partial charge is 0.139 e.